The van der Waals surface area contributed by atoms with Gasteiger partial charge in [-0.1, -0.05) is 77.7 Å². The number of rotatable bonds is 9. The van der Waals surface area contributed by atoms with E-state index in [1.807, 2.05) is 74.5 Å². The van der Waals surface area contributed by atoms with Crippen molar-refractivity contribution in [3.8, 4) is 12.3 Å². The van der Waals surface area contributed by atoms with E-state index in [1.54, 1.807) is 36.4 Å². The maximum absolute atomic E-state index is 13.3. The highest BCUT2D eigenvalue weighted by molar-refractivity contribution is 7.89. The third-order valence-electron chi connectivity index (χ3n) is 5.08. The predicted octanol–water partition coefficient (Wildman–Crippen LogP) is 5.33. The molecule has 1 unspecified atom stereocenters. The summed E-state index contributed by atoms with van der Waals surface area (Å²) in [6.07, 6.45) is 10.7. The van der Waals surface area contributed by atoms with E-state index < -0.39 is 20.8 Å². The zero-order chi connectivity index (χ0) is 24.6. The topological polar surface area (TPSA) is 54.5 Å². The molecule has 0 aliphatic heterocycles. The van der Waals surface area contributed by atoms with Gasteiger partial charge in [-0.25, -0.2) is 12.6 Å². The number of sulfonamides is 1. The van der Waals surface area contributed by atoms with Gasteiger partial charge in [0.1, 0.15) is 0 Å². The minimum absolute atomic E-state index is 0.0532. The summed E-state index contributed by atoms with van der Waals surface area (Å²) in [6, 6.07) is 23.7. The average molecular weight is 490 g/mol. The number of benzene rings is 3. The van der Waals surface area contributed by atoms with Gasteiger partial charge >= 0.3 is 0 Å². The summed E-state index contributed by atoms with van der Waals surface area (Å²) < 4.78 is 40.8. The summed E-state index contributed by atoms with van der Waals surface area (Å²) in [5.74, 6) is 2.43. The van der Waals surface area contributed by atoms with Crippen LogP contribution in [0.3, 0.4) is 0 Å². The van der Waals surface area contributed by atoms with Crippen LogP contribution in [0.15, 0.2) is 106 Å². The smallest absolute Gasteiger partial charge is 0.244 e. The fourth-order valence-electron chi connectivity index (χ4n) is 3.17. The number of nitrogens with zero attached hydrogens (tertiary/aromatic N) is 1. The summed E-state index contributed by atoms with van der Waals surface area (Å²) in [5.41, 5.74) is 2.95. The molecule has 0 aliphatic rings. The minimum Gasteiger partial charge on any atom is -0.249 e. The van der Waals surface area contributed by atoms with E-state index in [4.69, 9.17) is 6.42 Å². The monoisotopic (exact) mass is 489 g/mol. The first kappa shape index (κ1) is 25.4. The Morgan fingerprint density at radius 1 is 0.941 bits per heavy atom. The lowest BCUT2D eigenvalue weighted by Crippen LogP contribution is -2.31. The lowest BCUT2D eigenvalue weighted by atomic mass is 10.2. The molecule has 0 bridgehead atoms. The van der Waals surface area contributed by atoms with Crippen LogP contribution in [-0.4, -0.2) is 30.0 Å². The van der Waals surface area contributed by atoms with Crippen molar-refractivity contribution in [3.63, 3.8) is 0 Å². The van der Waals surface area contributed by atoms with Crippen molar-refractivity contribution in [1.29, 1.82) is 0 Å². The number of aryl methyl sites for hydroxylation is 2. The first-order chi connectivity index (χ1) is 16.3. The number of terminal acetylenes is 1. The molecule has 3 rings (SSSR count). The Morgan fingerprint density at radius 3 is 2.12 bits per heavy atom. The Morgan fingerprint density at radius 2 is 1.53 bits per heavy atom. The van der Waals surface area contributed by atoms with Gasteiger partial charge in [-0.05, 0) is 55.8 Å². The number of hydrogen-bond acceptors (Lipinski definition) is 3. The molecule has 0 aromatic heterocycles. The van der Waals surface area contributed by atoms with E-state index in [0.717, 1.165) is 16.7 Å². The van der Waals surface area contributed by atoms with Gasteiger partial charge in [0.15, 0.2) is 0 Å². The summed E-state index contributed by atoms with van der Waals surface area (Å²) in [7, 11) is -5.21. The number of allylic oxidation sites excluding steroid dienone is 1. The highest BCUT2D eigenvalue weighted by Crippen LogP contribution is 2.21. The maximum Gasteiger partial charge on any atom is 0.244 e. The van der Waals surface area contributed by atoms with Crippen molar-refractivity contribution in [2.45, 2.75) is 23.6 Å². The molecule has 0 saturated carbocycles. The van der Waals surface area contributed by atoms with E-state index in [-0.39, 0.29) is 18.0 Å². The van der Waals surface area contributed by atoms with E-state index in [1.165, 1.54) is 4.31 Å². The van der Waals surface area contributed by atoms with Crippen LogP contribution in [0.25, 0.3) is 6.08 Å². The molecule has 0 fully saturated rings. The van der Waals surface area contributed by atoms with E-state index >= 15 is 0 Å². The molecule has 0 spiro atoms. The molecule has 174 valence electrons. The molecule has 3 aromatic carbocycles. The molecule has 0 radical (unpaired) electrons. The molecule has 1 atom stereocenters. The van der Waals surface area contributed by atoms with Crippen molar-refractivity contribution in [1.82, 2.24) is 4.31 Å². The van der Waals surface area contributed by atoms with E-state index in [2.05, 4.69) is 5.92 Å². The average Bonchev–Trinajstić information content (AvgIpc) is 2.84. The van der Waals surface area contributed by atoms with Crippen molar-refractivity contribution in [3.05, 3.63) is 113 Å². The first-order valence-electron chi connectivity index (χ1n) is 10.7. The Balaban J connectivity index is 1.90. The second-order valence-electron chi connectivity index (χ2n) is 7.76. The molecule has 0 aliphatic carbocycles. The van der Waals surface area contributed by atoms with Crippen LogP contribution in [-0.2, 0) is 20.8 Å². The van der Waals surface area contributed by atoms with Crippen LogP contribution < -0.4 is 0 Å². The van der Waals surface area contributed by atoms with Crippen LogP contribution in [0, 0.1) is 26.2 Å². The molecule has 6 heteroatoms. The fraction of sp³-hybridized carbons (Fsp3) is 0.143. The largest absolute Gasteiger partial charge is 0.249 e. The molecule has 0 amide bonds. The molecule has 34 heavy (non-hydrogen) atoms. The summed E-state index contributed by atoms with van der Waals surface area (Å²) in [6.45, 7) is 3.85. The summed E-state index contributed by atoms with van der Waals surface area (Å²) in [5, 5.41) is 0. The highest BCUT2D eigenvalue weighted by atomic mass is 32.2. The third-order valence-corrected chi connectivity index (χ3v) is 8.28. The SMILES string of the molecule is C#CCN(C/C=C/C(=C/c1ccccc1)S(=O)c1ccc(C)cc1)S(=O)(=O)c1ccc(C)cc1. The van der Waals surface area contributed by atoms with Gasteiger partial charge in [0, 0.05) is 16.3 Å². The van der Waals surface area contributed by atoms with Crippen molar-refractivity contribution in [2.75, 3.05) is 13.1 Å². The Labute approximate surface area is 205 Å². The Kier molecular flexibility index (Phi) is 8.78. The molecule has 0 heterocycles. The van der Waals surface area contributed by atoms with Crippen LogP contribution >= 0.6 is 0 Å². The van der Waals surface area contributed by atoms with Gasteiger partial charge in [0.05, 0.1) is 22.2 Å². The molecular weight excluding hydrogens is 462 g/mol. The maximum atomic E-state index is 13.3. The standard InChI is InChI=1S/C28H27NO3S2/c1-4-20-29(34(31,32)28-18-14-24(3)15-19-28)21-8-11-27(22-25-9-6-5-7-10-25)33(30)26-16-12-23(2)13-17-26/h1,5-19,22H,20-21H2,2-3H3/b11-8+,27-22-. The van der Waals surface area contributed by atoms with Crippen LogP contribution in [0.5, 0.6) is 0 Å². The normalized spacial score (nSPS) is 13.2. The van der Waals surface area contributed by atoms with Crippen LogP contribution in [0.2, 0.25) is 0 Å². The first-order valence-corrected chi connectivity index (χ1v) is 13.3. The van der Waals surface area contributed by atoms with Gasteiger partial charge in [-0.15, -0.1) is 6.42 Å². The second-order valence-corrected chi connectivity index (χ2v) is 11.2. The van der Waals surface area contributed by atoms with Gasteiger partial charge in [-0.3, -0.25) is 0 Å². The Hall–Kier alpha value is -3.24. The van der Waals surface area contributed by atoms with Crippen molar-refractivity contribution in [2.24, 2.45) is 0 Å². The zero-order valence-electron chi connectivity index (χ0n) is 19.2. The highest BCUT2D eigenvalue weighted by Gasteiger charge is 2.22. The quantitative estimate of drug-likeness (QED) is 0.301. The molecule has 0 N–H and O–H groups in total. The van der Waals surface area contributed by atoms with Crippen molar-refractivity contribution >= 4 is 26.9 Å². The van der Waals surface area contributed by atoms with Gasteiger partial charge in [0.2, 0.25) is 10.0 Å². The number of hydrogen-bond donors (Lipinski definition) is 0. The molecule has 3 aromatic rings. The fourth-order valence-corrected chi connectivity index (χ4v) is 5.59. The molecule has 0 saturated heterocycles. The van der Waals surface area contributed by atoms with Crippen LogP contribution in [0.4, 0.5) is 0 Å². The lowest BCUT2D eigenvalue weighted by Gasteiger charge is -2.18. The molecular formula is C28H27NO3S2. The van der Waals surface area contributed by atoms with Gasteiger partial charge in [0.25, 0.3) is 0 Å². The van der Waals surface area contributed by atoms with E-state index in [9.17, 15) is 12.6 Å². The summed E-state index contributed by atoms with van der Waals surface area (Å²) in [4.78, 5) is 1.42. The lowest BCUT2D eigenvalue weighted by molar-refractivity contribution is 0.478. The van der Waals surface area contributed by atoms with E-state index in [0.29, 0.717) is 9.80 Å². The molecule has 4 nitrogen and oxygen atoms in total. The van der Waals surface area contributed by atoms with Gasteiger partial charge < -0.3 is 0 Å². The van der Waals surface area contributed by atoms with Crippen LogP contribution in [0.1, 0.15) is 16.7 Å². The zero-order valence-corrected chi connectivity index (χ0v) is 20.9. The van der Waals surface area contributed by atoms with Gasteiger partial charge in [-0.2, -0.15) is 4.31 Å². The predicted molar refractivity (Wildman–Crippen MR) is 140 cm³/mol. The summed E-state index contributed by atoms with van der Waals surface area (Å²) >= 11 is 0. The second kappa shape index (κ2) is 11.8. The Bertz CT molecular complexity index is 1330. The minimum atomic E-state index is -3.77. The third kappa shape index (κ3) is 6.64. The van der Waals surface area contributed by atoms with Crippen molar-refractivity contribution < 1.29 is 12.6 Å².